The molecule has 0 aliphatic carbocycles. The number of piperazine rings is 1. The predicted molar refractivity (Wildman–Crippen MR) is 114 cm³/mol. The van der Waals surface area contributed by atoms with Crippen LogP contribution in [0, 0.1) is 0 Å². The minimum Gasteiger partial charge on any atom is -0.497 e. The van der Waals surface area contributed by atoms with E-state index in [1.165, 1.54) is 4.90 Å². The lowest BCUT2D eigenvalue weighted by Gasteiger charge is -2.34. The number of nitrogens with one attached hydrogen (secondary N) is 2. The number of amides is 1. The van der Waals surface area contributed by atoms with Crippen molar-refractivity contribution < 1.29 is 23.9 Å². The normalized spacial score (nSPS) is 14.4. The van der Waals surface area contributed by atoms with Crippen LogP contribution < -0.4 is 29.3 Å². The molecular formula is C22H30N3O4+. The quantitative estimate of drug-likeness (QED) is 0.702. The number of anilines is 2. The second kappa shape index (κ2) is 10.0. The van der Waals surface area contributed by atoms with Gasteiger partial charge in [0.25, 0.3) is 5.91 Å². The second-order valence-electron chi connectivity index (χ2n) is 6.93. The zero-order valence-electron chi connectivity index (χ0n) is 17.4. The lowest BCUT2D eigenvalue weighted by Crippen LogP contribution is -3.15. The standard InChI is InChI=1S/C22H29N3O4/c1-4-29-20-8-6-5-7-19(20)25-13-11-24(12-14-25)16-22(26)23-18-10-9-17(27-2)15-21(18)28-3/h5-10,15H,4,11-14,16H2,1-3H3,(H,23,26)/p+1. The third-order valence-electron chi connectivity index (χ3n) is 5.07. The number of benzene rings is 2. The first-order chi connectivity index (χ1) is 14.1. The van der Waals surface area contributed by atoms with E-state index in [0.29, 0.717) is 30.3 Å². The number of carbonyl (C=O) groups excluding carboxylic acids is 1. The van der Waals surface area contributed by atoms with Crippen molar-refractivity contribution >= 4 is 17.3 Å². The van der Waals surface area contributed by atoms with Gasteiger partial charge in [-0.15, -0.1) is 0 Å². The van der Waals surface area contributed by atoms with Gasteiger partial charge >= 0.3 is 0 Å². The van der Waals surface area contributed by atoms with Crippen LogP contribution in [0.2, 0.25) is 0 Å². The highest BCUT2D eigenvalue weighted by atomic mass is 16.5. The summed E-state index contributed by atoms with van der Waals surface area (Å²) in [6.45, 7) is 6.64. The molecular weight excluding hydrogens is 370 g/mol. The number of quaternary nitrogens is 1. The van der Waals surface area contributed by atoms with Crippen molar-refractivity contribution in [3.05, 3.63) is 42.5 Å². The second-order valence-corrected chi connectivity index (χ2v) is 6.93. The van der Waals surface area contributed by atoms with Crippen molar-refractivity contribution in [3.8, 4) is 17.2 Å². The van der Waals surface area contributed by atoms with Crippen LogP contribution in [0.3, 0.4) is 0 Å². The van der Waals surface area contributed by atoms with Gasteiger partial charge in [0.05, 0.1) is 58.4 Å². The van der Waals surface area contributed by atoms with Crippen LogP contribution in [0.1, 0.15) is 6.92 Å². The fraction of sp³-hybridized carbons (Fsp3) is 0.409. The Hall–Kier alpha value is -2.93. The van der Waals surface area contributed by atoms with Crippen LogP contribution in [-0.2, 0) is 4.79 Å². The topological polar surface area (TPSA) is 64.5 Å². The van der Waals surface area contributed by atoms with Gasteiger partial charge < -0.3 is 29.3 Å². The summed E-state index contributed by atoms with van der Waals surface area (Å²) in [4.78, 5) is 16.1. The summed E-state index contributed by atoms with van der Waals surface area (Å²) in [7, 11) is 3.18. The van der Waals surface area contributed by atoms with Gasteiger partial charge in [0.1, 0.15) is 17.2 Å². The van der Waals surface area contributed by atoms with Crippen molar-refractivity contribution in [3.63, 3.8) is 0 Å². The molecule has 29 heavy (non-hydrogen) atoms. The first kappa shape index (κ1) is 20.8. The molecule has 2 aromatic rings. The van der Waals surface area contributed by atoms with Crippen molar-refractivity contribution in [2.24, 2.45) is 0 Å². The van der Waals surface area contributed by atoms with E-state index in [9.17, 15) is 4.79 Å². The van der Waals surface area contributed by atoms with E-state index in [0.717, 1.165) is 37.6 Å². The van der Waals surface area contributed by atoms with Crippen LogP contribution in [-0.4, -0.2) is 59.5 Å². The smallest absolute Gasteiger partial charge is 0.279 e. The maximum Gasteiger partial charge on any atom is 0.279 e. The highest BCUT2D eigenvalue weighted by Gasteiger charge is 2.24. The molecule has 156 valence electrons. The number of carbonyl (C=O) groups is 1. The molecule has 7 heteroatoms. The number of rotatable bonds is 8. The first-order valence-corrected chi connectivity index (χ1v) is 9.96. The summed E-state index contributed by atoms with van der Waals surface area (Å²) >= 11 is 0. The van der Waals surface area contributed by atoms with Crippen molar-refractivity contribution in [2.45, 2.75) is 6.92 Å². The molecule has 2 N–H and O–H groups in total. The number of methoxy groups -OCH3 is 2. The fourth-order valence-corrected chi connectivity index (χ4v) is 3.56. The van der Waals surface area contributed by atoms with Gasteiger partial charge in [-0.25, -0.2) is 0 Å². The van der Waals surface area contributed by atoms with Crippen molar-refractivity contribution in [1.82, 2.24) is 0 Å². The first-order valence-electron chi connectivity index (χ1n) is 9.96. The summed E-state index contributed by atoms with van der Waals surface area (Å²) in [5.74, 6) is 2.17. The van der Waals surface area contributed by atoms with Gasteiger partial charge in [-0.2, -0.15) is 0 Å². The molecule has 0 bridgehead atoms. The molecule has 1 heterocycles. The maximum atomic E-state index is 12.5. The molecule has 0 atom stereocenters. The van der Waals surface area contributed by atoms with Gasteiger partial charge in [0.15, 0.2) is 6.54 Å². The van der Waals surface area contributed by atoms with E-state index in [1.54, 1.807) is 32.4 Å². The zero-order valence-corrected chi connectivity index (χ0v) is 17.4. The van der Waals surface area contributed by atoms with Crippen molar-refractivity contribution in [2.75, 3.05) is 63.8 Å². The van der Waals surface area contributed by atoms with Gasteiger partial charge in [-0.05, 0) is 31.2 Å². The van der Waals surface area contributed by atoms with Crippen LogP contribution in [0.25, 0.3) is 0 Å². The lowest BCUT2D eigenvalue weighted by molar-refractivity contribution is -0.892. The van der Waals surface area contributed by atoms with Crippen LogP contribution in [0.15, 0.2) is 42.5 Å². The molecule has 7 nitrogen and oxygen atoms in total. The summed E-state index contributed by atoms with van der Waals surface area (Å²) in [5, 5.41) is 2.95. The molecule has 2 aromatic carbocycles. The highest BCUT2D eigenvalue weighted by molar-refractivity contribution is 5.93. The molecule has 0 aromatic heterocycles. The zero-order chi connectivity index (χ0) is 20.6. The Morgan fingerprint density at radius 3 is 2.52 bits per heavy atom. The maximum absolute atomic E-state index is 12.5. The summed E-state index contributed by atoms with van der Waals surface area (Å²) < 4.78 is 16.3. The van der Waals surface area contributed by atoms with E-state index >= 15 is 0 Å². The van der Waals surface area contributed by atoms with E-state index in [4.69, 9.17) is 14.2 Å². The van der Waals surface area contributed by atoms with Crippen LogP contribution in [0.5, 0.6) is 17.2 Å². The predicted octanol–water partition coefficient (Wildman–Crippen LogP) is 1.45. The van der Waals surface area contributed by atoms with E-state index < -0.39 is 0 Å². The largest absolute Gasteiger partial charge is 0.497 e. The average molecular weight is 400 g/mol. The van der Waals surface area contributed by atoms with E-state index in [-0.39, 0.29) is 5.91 Å². The molecule has 0 unspecified atom stereocenters. The third-order valence-corrected chi connectivity index (χ3v) is 5.07. The Kier molecular flexibility index (Phi) is 7.19. The molecule has 1 fully saturated rings. The number of ether oxygens (including phenoxy) is 3. The number of hydrogen-bond donors (Lipinski definition) is 2. The Morgan fingerprint density at radius 1 is 1.07 bits per heavy atom. The highest BCUT2D eigenvalue weighted by Crippen LogP contribution is 2.29. The molecule has 0 saturated carbocycles. The average Bonchev–Trinajstić information content (AvgIpc) is 2.75. The Bertz CT molecular complexity index is 819. The number of nitrogens with zero attached hydrogens (tertiary/aromatic N) is 1. The van der Waals surface area contributed by atoms with Crippen LogP contribution >= 0.6 is 0 Å². The minimum atomic E-state index is -0.0216. The van der Waals surface area contributed by atoms with Crippen molar-refractivity contribution in [1.29, 1.82) is 0 Å². The van der Waals surface area contributed by atoms with E-state index in [1.807, 2.05) is 25.1 Å². The molecule has 0 spiro atoms. The van der Waals surface area contributed by atoms with E-state index in [2.05, 4.69) is 16.3 Å². The molecule has 3 rings (SSSR count). The minimum absolute atomic E-state index is 0.0216. The number of para-hydroxylation sites is 2. The lowest BCUT2D eigenvalue weighted by atomic mass is 10.2. The molecule has 1 aliphatic rings. The fourth-order valence-electron chi connectivity index (χ4n) is 3.56. The van der Waals surface area contributed by atoms with Gasteiger partial charge in [-0.3, -0.25) is 4.79 Å². The third kappa shape index (κ3) is 5.32. The van der Waals surface area contributed by atoms with Gasteiger partial charge in [0, 0.05) is 6.07 Å². The Morgan fingerprint density at radius 2 is 1.83 bits per heavy atom. The molecule has 1 saturated heterocycles. The molecule has 1 amide bonds. The summed E-state index contributed by atoms with van der Waals surface area (Å²) in [6, 6.07) is 13.5. The van der Waals surface area contributed by atoms with Crippen LogP contribution in [0.4, 0.5) is 11.4 Å². The molecule has 0 radical (unpaired) electrons. The summed E-state index contributed by atoms with van der Waals surface area (Å²) in [6.07, 6.45) is 0. The Balaban J connectivity index is 1.54. The monoisotopic (exact) mass is 400 g/mol. The number of hydrogen-bond acceptors (Lipinski definition) is 5. The van der Waals surface area contributed by atoms with Gasteiger partial charge in [0.2, 0.25) is 0 Å². The van der Waals surface area contributed by atoms with Gasteiger partial charge in [-0.1, -0.05) is 12.1 Å². The SMILES string of the molecule is CCOc1ccccc1N1CC[NH+](CC(=O)Nc2ccc(OC)cc2OC)CC1. The Labute approximate surface area is 172 Å². The summed E-state index contributed by atoms with van der Waals surface area (Å²) in [5.41, 5.74) is 1.78. The molecule has 1 aliphatic heterocycles.